The van der Waals surface area contributed by atoms with Gasteiger partial charge < -0.3 is 9.64 Å². The van der Waals surface area contributed by atoms with Gasteiger partial charge in [0.05, 0.1) is 19.1 Å². The lowest BCUT2D eigenvalue weighted by molar-refractivity contribution is -0.133. The zero-order valence-corrected chi connectivity index (χ0v) is 19.4. The molecule has 0 aromatic heterocycles. The molecular weight excluding hydrogens is 414 g/mol. The standard InChI is InChI=1S/C23H31N3O4S/c1-18-10-11-22(30-3)21(16-18)26(31(4,28)29)19(2)23(27)25-14-12-24(13-15-25)17-20-8-6-5-7-9-20/h5-11,16,19H,12-15,17H2,1-4H3. The van der Waals surface area contributed by atoms with Crippen LogP contribution >= 0.6 is 0 Å². The Morgan fingerprint density at radius 3 is 2.32 bits per heavy atom. The summed E-state index contributed by atoms with van der Waals surface area (Å²) >= 11 is 0. The van der Waals surface area contributed by atoms with Gasteiger partial charge in [0.1, 0.15) is 11.8 Å². The molecule has 1 unspecified atom stereocenters. The van der Waals surface area contributed by atoms with Crippen molar-refractivity contribution in [3.8, 4) is 5.75 Å². The largest absolute Gasteiger partial charge is 0.495 e. The predicted molar refractivity (Wildman–Crippen MR) is 123 cm³/mol. The highest BCUT2D eigenvalue weighted by Gasteiger charge is 2.34. The third-order valence-electron chi connectivity index (χ3n) is 5.57. The van der Waals surface area contributed by atoms with Crippen molar-refractivity contribution in [3.63, 3.8) is 0 Å². The lowest BCUT2D eigenvalue weighted by atomic mass is 10.1. The average molecular weight is 446 g/mol. The van der Waals surface area contributed by atoms with Crippen LogP contribution in [0, 0.1) is 6.92 Å². The highest BCUT2D eigenvalue weighted by Crippen LogP contribution is 2.33. The van der Waals surface area contributed by atoms with Crippen molar-refractivity contribution in [2.24, 2.45) is 0 Å². The summed E-state index contributed by atoms with van der Waals surface area (Å²) in [5.41, 5.74) is 2.51. The van der Waals surface area contributed by atoms with E-state index in [1.807, 2.05) is 31.2 Å². The van der Waals surface area contributed by atoms with Crippen LogP contribution < -0.4 is 9.04 Å². The first kappa shape index (κ1) is 23.1. The number of nitrogens with zero attached hydrogens (tertiary/aromatic N) is 3. The van der Waals surface area contributed by atoms with Gasteiger partial charge in [-0.2, -0.15) is 0 Å². The molecular formula is C23H31N3O4S. The Balaban J connectivity index is 1.74. The van der Waals surface area contributed by atoms with E-state index >= 15 is 0 Å². The van der Waals surface area contributed by atoms with Gasteiger partial charge in [0.25, 0.3) is 0 Å². The smallest absolute Gasteiger partial charge is 0.246 e. The summed E-state index contributed by atoms with van der Waals surface area (Å²) in [6.07, 6.45) is 1.12. The maximum Gasteiger partial charge on any atom is 0.246 e. The highest BCUT2D eigenvalue weighted by molar-refractivity contribution is 7.92. The van der Waals surface area contributed by atoms with Crippen molar-refractivity contribution in [2.45, 2.75) is 26.4 Å². The molecule has 1 saturated heterocycles. The number of rotatable bonds is 7. The molecule has 2 aromatic rings. The third-order valence-corrected chi connectivity index (χ3v) is 6.80. The van der Waals surface area contributed by atoms with Gasteiger partial charge in [-0.25, -0.2) is 8.42 Å². The van der Waals surface area contributed by atoms with Crippen LogP contribution in [0.4, 0.5) is 5.69 Å². The van der Waals surface area contributed by atoms with Crippen molar-refractivity contribution >= 4 is 21.6 Å². The van der Waals surface area contributed by atoms with Gasteiger partial charge in [-0.15, -0.1) is 0 Å². The number of benzene rings is 2. The zero-order chi connectivity index (χ0) is 22.6. The van der Waals surface area contributed by atoms with Gasteiger partial charge in [0.2, 0.25) is 15.9 Å². The first-order valence-corrected chi connectivity index (χ1v) is 12.2. The monoisotopic (exact) mass is 445 g/mol. The molecule has 7 nitrogen and oxygen atoms in total. The molecule has 168 valence electrons. The fourth-order valence-electron chi connectivity index (χ4n) is 3.98. The first-order chi connectivity index (χ1) is 14.7. The summed E-state index contributed by atoms with van der Waals surface area (Å²) < 4.78 is 31.9. The molecule has 8 heteroatoms. The highest BCUT2D eigenvalue weighted by atomic mass is 32.2. The summed E-state index contributed by atoms with van der Waals surface area (Å²) in [6.45, 7) is 6.99. The molecule has 0 aliphatic carbocycles. The van der Waals surface area contributed by atoms with Crippen molar-refractivity contribution in [1.29, 1.82) is 0 Å². The van der Waals surface area contributed by atoms with E-state index in [0.29, 0.717) is 24.5 Å². The van der Waals surface area contributed by atoms with E-state index in [4.69, 9.17) is 4.74 Å². The minimum absolute atomic E-state index is 0.201. The van der Waals surface area contributed by atoms with E-state index in [2.05, 4.69) is 17.0 Å². The Bertz CT molecular complexity index is 1000. The molecule has 1 aliphatic rings. The summed E-state index contributed by atoms with van der Waals surface area (Å²) in [7, 11) is -2.21. The van der Waals surface area contributed by atoms with Crippen LogP contribution in [0.1, 0.15) is 18.1 Å². The molecule has 1 fully saturated rings. The van der Waals surface area contributed by atoms with Crippen molar-refractivity contribution < 1.29 is 17.9 Å². The summed E-state index contributed by atoms with van der Waals surface area (Å²) in [6, 6.07) is 14.7. The zero-order valence-electron chi connectivity index (χ0n) is 18.6. The molecule has 0 N–H and O–H groups in total. The van der Waals surface area contributed by atoms with Gasteiger partial charge in [-0.05, 0) is 37.1 Å². The molecule has 1 atom stereocenters. The second kappa shape index (κ2) is 9.70. The molecule has 0 saturated carbocycles. The van der Waals surface area contributed by atoms with E-state index in [-0.39, 0.29) is 5.91 Å². The molecule has 0 bridgehead atoms. The number of hydrogen-bond donors (Lipinski definition) is 0. The number of anilines is 1. The van der Waals surface area contributed by atoms with E-state index in [0.717, 1.165) is 31.5 Å². The summed E-state index contributed by atoms with van der Waals surface area (Å²) in [5.74, 6) is 0.219. The van der Waals surface area contributed by atoms with Crippen molar-refractivity contribution in [3.05, 3.63) is 59.7 Å². The topological polar surface area (TPSA) is 70.2 Å². The van der Waals surface area contributed by atoms with Gasteiger partial charge >= 0.3 is 0 Å². The van der Waals surface area contributed by atoms with Gasteiger partial charge in [-0.1, -0.05) is 36.4 Å². The first-order valence-electron chi connectivity index (χ1n) is 10.4. The van der Waals surface area contributed by atoms with Crippen LogP contribution in [0.3, 0.4) is 0 Å². The van der Waals surface area contributed by atoms with Gasteiger partial charge in [-0.3, -0.25) is 14.0 Å². The molecule has 2 aromatic carbocycles. The second-order valence-electron chi connectivity index (χ2n) is 8.00. The lowest BCUT2D eigenvalue weighted by Crippen LogP contribution is -2.55. The maximum atomic E-state index is 13.3. The third kappa shape index (κ3) is 5.57. The molecule has 0 spiro atoms. The van der Waals surface area contributed by atoms with Crippen molar-refractivity contribution in [1.82, 2.24) is 9.80 Å². The van der Waals surface area contributed by atoms with Crippen LogP contribution in [0.2, 0.25) is 0 Å². The van der Waals surface area contributed by atoms with Crippen LogP contribution in [-0.4, -0.2) is 69.7 Å². The fourth-order valence-corrected chi connectivity index (χ4v) is 5.14. The van der Waals surface area contributed by atoms with Crippen LogP contribution in [-0.2, 0) is 21.4 Å². The van der Waals surface area contributed by atoms with E-state index < -0.39 is 16.1 Å². The molecule has 1 heterocycles. The summed E-state index contributed by atoms with van der Waals surface area (Å²) in [5, 5.41) is 0. The van der Waals surface area contributed by atoms with Crippen molar-refractivity contribution in [2.75, 3.05) is 43.8 Å². The van der Waals surface area contributed by atoms with Gasteiger partial charge in [0, 0.05) is 32.7 Å². The molecule has 1 amide bonds. The molecule has 3 rings (SSSR count). The molecule has 0 radical (unpaired) electrons. The SMILES string of the molecule is COc1ccc(C)cc1N(C(C)C(=O)N1CCN(Cc2ccccc2)CC1)S(C)(=O)=O. The molecule has 31 heavy (non-hydrogen) atoms. The van der Waals surface area contributed by atoms with Crippen LogP contribution in [0.25, 0.3) is 0 Å². The minimum atomic E-state index is -3.71. The van der Waals surface area contributed by atoms with Gasteiger partial charge in [0.15, 0.2) is 0 Å². The number of amides is 1. The average Bonchev–Trinajstić information content (AvgIpc) is 2.74. The Kier molecular flexibility index (Phi) is 7.23. The second-order valence-corrected chi connectivity index (χ2v) is 9.86. The number of carbonyl (C=O) groups excluding carboxylic acids is 1. The number of piperazine rings is 1. The lowest BCUT2D eigenvalue weighted by Gasteiger charge is -2.38. The number of sulfonamides is 1. The normalized spacial score (nSPS) is 16.1. The number of carbonyl (C=O) groups is 1. The fraction of sp³-hybridized carbons (Fsp3) is 0.435. The van der Waals surface area contributed by atoms with E-state index in [1.54, 1.807) is 24.0 Å². The Hall–Kier alpha value is -2.58. The van der Waals surface area contributed by atoms with Crippen LogP contribution in [0.15, 0.2) is 48.5 Å². The number of methoxy groups -OCH3 is 1. The van der Waals surface area contributed by atoms with Crippen LogP contribution in [0.5, 0.6) is 5.75 Å². The Morgan fingerprint density at radius 2 is 1.74 bits per heavy atom. The molecule has 1 aliphatic heterocycles. The quantitative estimate of drug-likeness (QED) is 0.655. The van der Waals surface area contributed by atoms with E-state index in [9.17, 15) is 13.2 Å². The number of ether oxygens (including phenoxy) is 1. The Morgan fingerprint density at radius 1 is 1.10 bits per heavy atom. The number of hydrogen-bond acceptors (Lipinski definition) is 5. The predicted octanol–water partition coefficient (Wildman–Crippen LogP) is 2.50. The maximum absolute atomic E-state index is 13.3. The summed E-state index contributed by atoms with van der Waals surface area (Å²) in [4.78, 5) is 17.3. The minimum Gasteiger partial charge on any atom is -0.495 e. The van der Waals surface area contributed by atoms with E-state index in [1.165, 1.54) is 17.0 Å². The number of aryl methyl sites for hydroxylation is 1. The Labute approximate surface area is 185 Å².